The minimum absolute atomic E-state index is 0.0741. The number of halogens is 1. The molecule has 3 aromatic rings. The molecule has 0 amide bonds. The van der Waals surface area contributed by atoms with Crippen molar-refractivity contribution >= 4 is 44.3 Å². The number of carbonyl (C=O) groups is 1. The molecule has 2 heterocycles. The number of anilines is 1. The average molecular weight is 405 g/mol. The summed E-state index contributed by atoms with van der Waals surface area (Å²) < 4.78 is 27.1. The molecule has 1 aliphatic rings. The van der Waals surface area contributed by atoms with E-state index in [-0.39, 0.29) is 34.1 Å². The summed E-state index contributed by atoms with van der Waals surface area (Å²) in [5.41, 5.74) is 1.00. The zero-order valence-corrected chi connectivity index (χ0v) is 16.1. The molecule has 1 aliphatic carbocycles. The highest BCUT2D eigenvalue weighted by Gasteiger charge is 2.28. The van der Waals surface area contributed by atoms with Gasteiger partial charge in [0.05, 0.1) is 11.1 Å². The maximum atomic E-state index is 13.0. The second-order valence-electron chi connectivity index (χ2n) is 6.60. The van der Waals surface area contributed by atoms with Crippen molar-refractivity contribution in [3.8, 4) is 0 Å². The molecular formula is C18H17ClN4O3S. The summed E-state index contributed by atoms with van der Waals surface area (Å²) in [5.74, 6) is -0.0908. The van der Waals surface area contributed by atoms with Crippen LogP contribution in [0.5, 0.6) is 0 Å². The Balaban J connectivity index is 1.90. The zero-order chi connectivity index (χ0) is 19.2. The number of ketones is 1. The summed E-state index contributed by atoms with van der Waals surface area (Å²) in [5, 5.41) is 3.52. The smallest absolute Gasteiger partial charge is 0.244 e. The van der Waals surface area contributed by atoms with Crippen molar-refractivity contribution in [2.24, 2.45) is 0 Å². The zero-order valence-electron chi connectivity index (χ0n) is 14.5. The topological polar surface area (TPSA) is 94.0 Å². The Morgan fingerprint density at radius 1 is 1.26 bits per heavy atom. The summed E-state index contributed by atoms with van der Waals surface area (Å²) in [6.07, 6.45) is 3.30. The van der Waals surface area contributed by atoms with Crippen molar-refractivity contribution in [3.63, 3.8) is 0 Å². The normalized spacial score (nSPS) is 14.4. The van der Waals surface area contributed by atoms with Gasteiger partial charge in [0.25, 0.3) is 0 Å². The Labute approximate surface area is 161 Å². The molecule has 0 spiro atoms. The van der Waals surface area contributed by atoms with Gasteiger partial charge in [0.15, 0.2) is 11.4 Å². The number of aromatic nitrogens is 3. The average Bonchev–Trinajstić information content (AvgIpc) is 3.31. The number of Topliss-reactive ketones (excluding diaryl/α,β-unsaturated/α-hetero) is 1. The van der Waals surface area contributed by atoms with Crippen molar-refractivity contribution in [2.75, 3.05) is 5.32 Å². The number of hydrogen-bond donors (Lipinski definition) is 1. The Hall–Kier alpha value is -2.45. The second kappa shape index (κ2) is 6.61. The minimum atomic E-state index is -3.81. The van der Waals surface area contributed by atoms with E-state index in [0.29, 0.717) is 16.8 Å². The summed E-state index contributed by atoms with van der Waals surface area (Å²) in [4.78, 5) is 20.5. The van der Waals surface area contributed by atoms with Crippen LogP contribution in [0.1, 0.15) is 35.7 Å². The minimum Gasteiger partial charge on any atom is -0.367 e. The lowest BCUT2D eigenvalue weighted by Gasteiger charge is -2.09. The standard InChI is InChI=1S/C18H17ClN4O3S/c1-11(24)14-9-23(27(25,26)10-12-5-3-2-4-6-12)17-15(14)16(20-13-7-8-13)21-18(19)22-17/h2-6,9,13H,7-8,10H2,1H3,(H,20,21,22). The first-order valence-corrected chi connectivity index (χ1v) is 10.5. The van der Waals surface area contributed by atoms with Crippen LogP contribution >= 0.6 is 11.6 Å². The number of fused-ring (bicyclic) bond motifs is 1. The van der Waals surface area contributed by atoms with Gasteiger partial charge in [-0.1, -0.05) is 30.3 Å². The predicted molar refractivity (Wildman–Crippen MR) is 104 cm³/mol. The molecule has 0 bridgehead atoms. The van der Waals surface area contributed by atoms with Crippen LogP contribution in [0.3, 0.4) is 0 Å². The van der Waals surface area contributed by atoms with E-state index in [1.807, 2.05) is 6.07 Å². The quantitative estimate of drug-likeness (QED) is 0.500. The molecule has 1 N–H and O–H groups in total. The van der Waals surface area contributed by atoms with E-state index in [9.17, 15) is 13.2 Å². The van der Waals surface area contributed by atoms with Crippen LogP contribution in [0, 0.1) is 0 Å². The van der Waals surface area contributed by atoms with Gasteiger partial charge in [0.1, 0.15) is 5.82 Å². The van der Waals surface area contributed by atoms with Crippen LogP contribution in [0.15, 0.2) is 36.5 Å². The van der Waals surface area contributed by atoms with E-state index in [2.05, 4.69) is 15.3 Å². The fourth-order valence-electron chi connectivity index (χ4n) is 2.93. The number of hydrogen-bond acceptors (Lipinski definition) is 6. The van der Waals surface area contributed by atoms with Gasteiger partial charge in [0, 0.05) is 17.8 Å². The van der Waals surface area contributed by atoms with E-state index in [1.54, 1.807) is 24.3 Å². The van der Waals surface area contributed by atoms with Crippen molar-refractivity contribution in [1.29, 1.82) is 0 Å². The molecule has 0 aliphatic heterocycles. The summed E-state index contributed by atoms with van der Waals surface area (Å²) in [6.45, 7) is 1.39. The molecule has 0 saturated heterocycles. The monoisotopic (exact) mass is 404 g/mol. The lowest BCUT2D eigenvalue weighted by molar-refractivity contribution is 0.101. The molecule has 140 valence electrons. The number of benzene rings is 1. The first-order valence-electron chi connectivity index (χ1n) is 8.48. The van der Waals surface area contributed by atoms with Crippen LogP contribution in [0.25, 0.3) is 11.0 Å². The van der Waals surface area contributed by atoms with Gasteiger partial charge in [-0.3, -0.25) is 4.79 Å². The molecule has 9 heteroatoms. The molecule has 1 aromatic carbocycles. The Kier molecular flexibility index (Phi) is 4.39. The van der Waals surface area contributed by atoms with Gasteiger partial charge in [-0.15, -0.1) is 0 Å². The SMILES string of the molecule is CC(=O)c1cn(S(=O)(=O)Cc2ccccc2)c2nc(Cl)nc(NC3CC3)c12. The van der Waals surface area contributed by atoms with E-state index < -0.39 is 10.0 Å². The number of rotatable bonds is 6. The molecule has 4 rings (SSSR count). The highest BCUT2D eigenvalue weighted by molar-refractivity contribution is 7.89. The molecule has 7 nitrogen and oxygen atoms in total. The van der Waals surface area contributed by atoms with E-state index in [1.165, 1.54) is 13.1 Å². The molecule has 0 atom stereocenters. The third-order valence-corrected chi connectivity index (χ3v) is 6.12. The summed E-state index contributed by atoms with van der Waals surface area (Å²) >= 11 is 6.04. The molecular weight excluding hydrogens is 388 g/mol. The van der Waals surface area contributed by atoms with Crippen LogP contribution in [0.4, 0.5) is 5.82 Å². The van der Waals surface area contributed by atoms with Gasteiger partial charge in [-0.05, 0) is 36.9 Å². The number of nitrogens with zero attached hydrogens (tertiary/aromatic N) is 3. The van der Waals surface area contributed by atoms with Crippen LogP contribution in [0.2, 0.25) is 5.28 Å². The van der Waals surface area contributed by atoms with Crippen LogP contribution in [-0.2, 0) is 15.8 Å². The molecule has 1 fully saturated rings. The summed E-state index contributed by atoms with van der Waals surface area (Å²) in [7, 11) is -3.81. The molecule has 2 aromatic heterocycles. The van der Waals surface area contributed by atoms with Crippen molar-refractivity contribution in [3.05, 3.63) is 52.9 Å². The van der Waals surface area contributed by atoms with Gasteiger partial charge < -0.3 is 5.32 Å². The highest BCUT2D eigenvalue weighted by Crippen LogP contribution is 2.33. The predicted octanol–water partition coefficient (Wildman–Crippen LogP) is 3.24. The van der Waals surface area contributed by atoms with Crippen LogP contribution < -0.4 is 5.32 Å². The largest absolute Gasteiger partial charge is 0.367 e. The fourth-order valence-corrected chi connectivity index (χ4v) is 4.51. The Bertz CT molecular complexity index is 1140. The highest BCUT2D eigenvalue weighted by atomic mass is 35.5. The molecule has 0 radical (unpaired) electrons. The van der Waals surface area contributed by atoms with Crippen molar-refractivity contribution in [1.82, 2.24) is 13.9 Å². The maximum absolute atomic E-state index is 13.0. The molecule has 27 heavy (non-hydrogen) atoms. The summed E-state index contributed by atoms with van der Waals surface area (Å²) in [6, 6.07) is 9.09. The fraction of sp³-hybridized carbons (Fsp3) is 0.278. The Morgan fingerprint density at radius 3 is 2.59 bits per heavy atom. The van der Waals surface area contributed by atoms with Gasteiger partial charge >= 0.3 is 0 Å². The van der Waals surface area contributed by atoms with Crippen LogP contribution in [-0.4, -0.2) is 34.2 Å². The molecule has 0 unspecified atom stereocenters. The van der Waals surface area contributed by atoms with Gasteiger partial charge in [-0.2, -0.15) is 4.98 Å². The lowest BCUT2D eigenvalue weighted by Crippen LogP contribution is -2.15. The van der Waals surface area contributed by atoms with E-state index >= 15 is 0 Å². The van der Waals surface area contributed by atoms with E-state index in [4.69, 9.17) is 11.6 Å². The van der Waals surface area contributed by atoms with Gasteiger partial charge in [0.2, 0.25) is 15.3 Å². The third-order valence-electron chi connectivity index (χ3n) is 4.38. The molecule has 1 saturated carbocycles. The van der Waals surface area contributed by atoms with E-state index in [0.717, 1.165) is 16.8 Å². The Morgan fingerprint density at radius 2 is 1.96 bits per heavy atom. The van der Waals surface area contributed by atoms with Gasteiger partial charge in [-0.25, -0.2) is 17.4 Å². The first kappa shape index (κ1) is 17.9. The maximum Gasteiger partial charge on any atom is 0.244 e. The number of carbonyl (C=O) groups excluding carboxylic acids is 1. The third kappa shape index (κ3) is 3.54. The second-order valence-corrected chi connectivity index (χ2v) is 8.78. The van der Waals surface area contributed by atoms with Crippen molar-refractivity contribution in [2.45, 2.75) is 31.6 Å². The lowest BCUT2D eigenvalue weighted by atomic mass is 10.1. The van der Waals surface area contributed by atoms with Crippen molar-refractivity contribution < 1.29 is 13.2 Å². The number of nitrogens with one attached hydrogen (secondary N) is 1. The first-order chi connectivity index (χ1) is 12.8.